The summed E-state index contributed by atoms with van der Waals surface area (Å²) < 4.78 is 37.3. The topological polar surface area (TPSA) is 29.1 Å². The zero-order valence-corrected chi connectivity index (χ0v) is 8.34. The minimum absolute atomic E-state index is 0.109. The maximum absolute atomic E-state index is 12.4. The molecule has 1 aliphatic heterocycles. The lowest BCUT2D eigenvalue weighted by molar-refractivity contribution is -0.137. The number of amides is 1. The van der Waals surface area contributed by atoms with E-state index in [4.69, 9.17) is 0 Å². The molecule has 1 amide bonds. The van der Waals surface area contributed by atoms with Gasteiger partial charge in [0.15, 0.2) is 0 Å². The molecule has 2 rings (SSSR count). The van der Waals surface area contributed by atoms with Crippen molar-refractivity contribution in [2.45, 2.75) is 25.1 Å². The normalized spacial score (nSPS) is 20.9. The first-order valence-electron chi connectivity index (χ1n) is 4.93. The summed E-state index contributed by atoms with van der Waals surface area (Å²) in [4.78, 5) is 11.0. The molecule has 1 atom stereocenters. The molecule has 1 aromatic carbocycles. The summed E-state index contributed by atoms with van der Waals surface area (Å²) in [5.74, 6) is -0.109. The monoisotopic (exact) mass is 229 g/mol. The van der Waals surface area contributed by atoms with E-state index in [1.54, 1.807) is 6.07 Å². The predicted molar refractivity (Wildman–Crippen MR) is 51.6 cm³/mol. The van der Waals surface area contributed by atoms with Gasteiger partial charge in [0.1, 0.15) is 0 Å². The van der Waals surface area contributed by atoms with E-state index in [1.165, 1.54) is 6.07 Å². The van der Waals surface area contributed by atoms with Crippen LogP contribution in [0.4, 0.5) is 13.2 Å². The fraction of sp³-hybridized carbons (Fsp3) is 0.364. The lowest BCUT2D eigenvalue weighted by atomic mass is 10.0. The molecule has 2 nitrogen and oxygen atoms in total. The predicted octanol–water partition coefficient (Wildman–Crippen LogP) is 2.66. The Morgan fingerprint density at radius 2 is 2.06 bits per heavy atom. The van der Waals surface area contributed by atoms with Crippen LogP contribution in [0.1, 0.15) is 30.0 Å². The molecule has 0 bridgehead atoms. The molecule has 0 radical (unpaired) electrons. The van der Waals surface area contributed by atoms with E-state index in [0.29, 0.717) is 18.4 Å². The maximum atomic E-state index is 12.4. The Morgan fingerprint density at radius 1 is 1.31 bits per heavy atom. The van der Waals surface area contributed by atoms with Crippen LogP contribution in [0.15, 0.2) is 24.3 Å². The number of carbonyl (C=O) groups is 1. The molecule has 1 saturated heterocycles. The molecule has 0 aromatic heterocycles. The highest BCUT2D eigenvalue weighted by Crippen LogP contribution is 2.32. The second-order valence-electron chi connectivity index (χ2n) is 3.78. The third-order valence-corrected chi connectivity index (χ3v) is 2.61. The molecule has 1 aromatic rings. The van der Waals surface area contributed by atoms with Crippen molar-refractivity contribution < 1.29 is 18.0 Å². The summed E-state index contributed by atoms with van der Waals surface area (Å²) in [6.07, 6.45) is -3.40. The molecule has 16 heavy (non-hydrogen) atoms. The molecule has 0 saturated carbocycles. The number of rotatable bonds is 1. The van der Waals surface area contributed by atoms with Crippen LogP contribution >= 0.6 is 0 Å². The molecule has 1 aliphatic rings. The van der Waals surface area contributed by atoms with Crippen molar-refractivity contribution in [1.29, 1.82) is 0 Å². The van der Waals surface area contributed by atoms with Crippen LogP contribution in [0.2, 0.25) is 0 Å². The van der Waals surface area contributed by atoms with Crippen LogP contribution in [0, 0.1) is 0 Å². The van der Waals surface area contributed by atoms with Gasteiger partial charge in [0.25, 0.3) is 0 Å². The van der Waals surface area contributed by atoms with Crippen LogP contribution in [-0.2, 0) is 11.0 Å². The molecule has 1 N–H and O–H groups in total. The van der Waals surface area contributed by atoms with Gasteiger partial charge in [-0.15, -0.1) is 0 Å². The molecular weight excluding hydrogens is 219 g/mol. The Kier molecular flexibility index (Phi) is 2.61. The molecule has 86 valence electrons. The molecule has 5 heteroatoms. The quantitative estimate of drug-likeness (QED) is 0.788. The van der Waals surface area contributed by atoms with Crippen molar-refractivity contribution >= 4 is 5.91 Å². The minimum atomic E-state index is -4.33. The fourth-order valence-electron chi connectivity index (χ4n) is 1.80. The van der Waals surface area contributed by atoms with Crippen LogP contribution < -0.4 is 5.32 Å². The minimum Gasteiger partial charge on any atom is -0.349 e. The Hall–Kier alpha value is -1.52. The standard InChI is InChI=1S/C11H10F3NO/c12-11(13,14)8-3-1-2-7(6-8)9-4-5-10(16)15-9/h1-3,6,9H,4-5H2,(H,15,16)/t9-/m1/s1. The van der Waals surface area contributed by atoms with Crippen molar-refractivity contribution in [2.24, 2.45) is 0 Å². The van der Waals surface area contributed by atoms with Crippen molar-refractivity contribution in [3.63, 3.8) is 0 Å². The Morgan fingerprint density at radius 3 is 2.62 bits per heavy atom. The first-order valence-corrected chi connectivity index (χ1v) is 4.93. The Bertz CT molecular complexity index is 414. The highest BCUT2D eigenvalue weighted by atomic mass is 19.4. The van der Waals surface area contributed by atoms with Crippen molar-refractivity contribution in [3.8, 4) is 0 Å². The Balaban J connectivity index is 2.26. The number of nitrogens with one attached hydrogen (secondary N) is 1. The summed E-state index contributed by atoms with van der Waals surface area (Å²) in [5, 5.41) is 2.64. The summed E-state index contributed by atoms with van der Waals surface area (Å²) in [5.41, 5.74) is -0.160. The number of benzene rings is 1. The third-order valence-electron chi connectivity index (χ3n) is 2.61. The van der Waals surface area contributed by atoms with Gasteiger partial charge in [-0.25, -0.2) is 0 Å². The molecule has 0 spiro atoms. The van der Waals surface area contributed by atoms with Crippen LogP contribution in [0.5, 0.6) is 0 Å². The first kappa shape index (κ1) is 11.0. The summed E-state index contributed by atoms with van der Waals surface area (Å²) in [6, 6.07) is 4.81. The molecule has 0 unspecified atom stereocenters. The number of carbonyl (C=O) groups excluding carboxylic acids is 1. The number of alkyl halides is 3. The van der Waals surface area contributed by atoms with E-state index in [2.05, 4.69) is 5.32 Å². The molecule has 1 fully saturated rings. The second kappa shape index (κ2) is 3.81. The molecule has 0 aliphatic carbocycles. The summed E-state index contributed by atoms with van der Waals surface area (Å²) in [7, 11) is 0. The average molecular weight is 229 g/mol. The number of hydrogen-bond acceptors (Lipinski definition) is 1. The van der Waals surface area contributed by atoms with Crippen LogP contribution in [0.3, 0.4) is 0 Å². The van der Waals surface area contributed by atoms with E-state index >= 15 is 0 Å². The van der Waals surface area contributed by atoms with Gasteiger partial charge < -0.3 is 5.32 Å². The van der Waals surface area contributed by atoms with E-state index in [-0.39, 0.29) is 11.9 Å². The molecular formula is C11H10F3NO. The average Bonchev–Trinajstić information content (AvgIpc) is 2.64. The zero-order valence-electron chi connectivity index (χ0n) is 8.34. The SMILES string of the molecule is O=C1CC[C@H](c2cccc(C(F)(F)F)c2)N1. The lowest BCUT2D eigenvalue weighted by Gasteiger charge is -2.13. The van der Waals surface area contributed by atoms with Gasteiger partial charge in [-0.05, 0) is 24.1 Å². The summed E-state index contributed by atoms with van der Waals surface area (Å²) in [6.45, 7) is 0. The van der Waals surface area contributed by atoms with Crippen molar-refractivity contribution in [1.82, 2.24) is 5.32 Å². The van der Waals surface area contributed by atoms with Crippen LogP contribution in [-0.4, -0.2) is 5.91 Å². The third kappa shape index (κ3) is 2.18. The van der Waals surface area contributed by atoms with Gasteiger partial charge in [-0.2, -0.15) is 13.2 Å². The second-order valence-corrected chi connectivity index (χ2v) is 3.78. The number of halogens is 3. The zero-order chi connectivity index (χ0) is 11.8. The largest absolute Gasteiger partial charge is 0.416 e. The van der Waals surface area contributed by atoms with E-state index in [1.807, 2.05) is 0 Å². The van der Waals surface area contributed by atoms with Gasteiger partial charge in [0.2, 0.25) is 5.91 Å². The highest BCUT2D eigenvalue weighted by Gasteiger charge is 2.31. The number of hydrogen-bond donors (Lipinski definition) is 1. The fourth-order valence-corrected chi connectivity index (χ4v) is 1.80. The van der Waals surface area contributed by atoms with Gasteiger partial charge in [0, 0.05) is 6.42 Å². The summed E-state index contributed by atoms with van der Waals surface area (Å²) >= 11 is 0. The van der Waals surface area contributed by atoms with Gasteiger partial charge >= 0.3 is 6.18 Å². The highest BCUT2D eigenvalue weighted by molar-refractivity contribution is 5.78. The van der Waals surface area contributed by atoms with E-state index < -0.39 is 11.7 Å². The van der Waals surface area contributed by atoms with Gasteiger partial charge in [-0.3, -0.25) is 4.79 Å². The van der Waals surface area contributed by atoms with Crippen LogP contribution in [0.25, 0.3) is 0 Å². The first-order chi connectivity index (χ1) is 7.47. The van der Waals surface area contributed by atoms with E-state index in [0.717, 1.165) is 12.1 Å². The van der Waals surface area contributed by atoms with E-state index in [9.17, 15) is 18.0 Å². The maximum Gasteiger partial charge on any atom is 0.416 e. The lowest BCUT2D eigenvalue weighted by Crippen LogP contribution is -2.18. The van der Waals surface area contributed by atoms with Crippen molar-refractivity contribution in [2.75, 3.05) is 0 Å². The Labute approximate surface area is 90.5 Å². The van der Waals surface area contributed by atoms with Gasteiger partial charge in [-0.1, -0.05) is 12.1 Å². The van der Waals surface area contributed by atoms with Gasteiger partial charge in [0.05, 0.1) is 11.6 Å². The smallest absolute Gasteiger partial charge is 0.349 e. The molecule has 1 heterocycles. The van der Waals surface area contributed by atoms with Crippen molar-refractivity contribution in [3.05, 3.63) is 35.4 Å².